The molecule has 9 rings (SSSR count). The molecular formula is C40H29N3S2. The molecule has 5 aromatic rings. The van der Waals surface area contributed by atoms with E-state index < -0.39 is 0 Å². The minimum absolute atomic E-state index is 0.0199. The molecule has 3 heterocycles. The van der Waals surface area contributed by atoms with Gasteiger partial charge in [0.1, 0.15) is 6.07 Å². The summed E-state index contributed by atoms with van der Waals surface area (Å²) in [6, 6.07) is 35.3. The summed E-state index contributed by atoms with van der Waals surface area (Å²) in [6.45, 7) is 4.83. The predicted molar refractivity (Wildman–Crippen MR) is 185 cm³/mol. The van der Waals surface area contributed by atoms with Crippen LogP contribution in [0.25, 0.3) is 33.8 Å². The monoisotopic (exact) mass is 615 g/mol. The lowest BCUT2D eigenvalue weighted by Crippen LogP contribution is -2.48. The number of allylic oxidation sites excluding steroid dienone is 3. The zero-order chi connectivity index (χ0) is 30.5. The van der Waals surface area contributed by atoms with Crippen LogP contribution in [-0.4, -0.2) is 15.1 Å². The van der Waals surface area contributed by atoms with Crippen LogP contribution < -0.4 is 0 Å². The number of nitriles is 2. The molecule has 4 aromatic carbocycles. The van der Waals surface area contributed by atoms with Gasteiger partial charge < -0.3 is 4.57 Å². The minimum Gasteiger partial charge on any atom is -0.311 e. The fraction of sp³-hybridized carbons (Fsp3) is 0.200. The molecule has 0 saturated heterocycles. The summed E-state index contributed by atoms with van der Waals surface area (Å²) < 4.78 is 2.30. The third-order valence-corrected chi connectivity index (χ3v) is 14.0. The van der Waals surface area contributed by atoms with Crippen molar-refractivity contribution < 1.29 is 0 Å². The van der Waals surface area contributed by atoms with Gasteiger partial charge in [-0.15, -0.1) is 23.5 Å². The van der Waals surface area contributed by atoms with Crippen LogP contribution in [0.15, 0.2) is 112 Å². The van der Waals surface area contributed by atoms with Crippen molar-refractivity contribution in [3.05, 3.63) is 131 Å². The average Bonchev–Trinajstić information content (AvgIpc) is 3.68. The lowest BCUT2D eigenvalue weighted by atomic mass is 9.65. The highest BCUT2D eigenvalue weighted by molar-refractivity contribution is 8.04. The summed E-state index contributed by atoms with van der Waals surface area (Å²) in [7, 11) is 0. The van der Waals surface area contributed by atoms with E-state index in [1.54, 1.807) is 0 Å². The van der Waals surface area contributed by atoms with Gasteiger partial charge in [0.2, 0.25) is 0 Å². The van der Waals surface area contributed by atoms with Gasteiger partial charge >= 0.3 is 0 Å². The van der Waals surface area contributed by atoms with Crippen molar-refractivity contribution in [2.24, 2.45) is 0 Å². The highest BCUT2D eigenvalue weighted by atomic mass is 32.2. The Morgan fingerprint density at radius 2 is 1.49 bits per heavy atom. The molecule has 45 heavy (non-hydrogen) atoms. The second-order valence-corrected chi connectivity index (χ2v) is 15.4. The summed E-state index contributed by atoms with van der Waals surface area (Å²) >= 11 is 4.09. The van der Waals surface area contributed by atoms with Crippen molar-refractivity contribution in [2.75, 3.05) is 0 Å². The molecule has 4 atom stereocenters. The first kappa shape index (κ1) is 26.9. The smallest absolute Gasteiger partial charge is 0.101 e. The van der Waals surface area contributed by atoms with Gasteiger partial charge in [-0.25, -0.2) is 0 Å². The molecule has 0 fully saturated rings. The molecule has 1 aromatic heterocycles. The maximum atomic E-state index is 10.4. The molecule has 216 valence electrons. The highest BCUT2D eigenvalue weighted by Crippen LogP contribution is 2.64. The molecule has 0 spiro atoms. The average molecular weight is 616 g/mol. The van der Waals surface area contributed by atoms with E-state index in [1.807, 2.05) is 30.0 Å². The molecule has 0 N–H and O–H groups in total. The summed E-state index contributed by atoms with van der Waals surface area (Å²) in [4.78, 5) is 2.76. The van der Waals surface area contributed by atoms with Crippen molar-refractivity contribution in [1.29, 1.82) is 10.5 Å². The normalized spacial score (nSPS) is 25.4. The molecule has 2 aliphatic heterocycles. The Hall–Kier alpha value is -4.42. The van der Waals surface area contributed by atoms with Crippen molar-refractivity contribution in [3.8, 4) is 29.0 Å². The van der Waals surface area contributed by atoms with Gasteiger partial charge in [-0.1, -0.05) is 80.6 Å². The Morgan fingerprint density at radius 3 is 2.29 bits per heavy atom. The van der Waals surface area contributed by atoms with Crippen molar-refractivity contribution >= 4 is 40.5 Å². The van der Waals surface area contributed by atoms with Crippen LogP contribution in [0.1, 0.15) is 48.2 Å². The van der Waals surface area contributed by atoms with E-state index >= 15 is 0 Å². The molecule has 0 amide bonds. The summed E-state index contributed by atoms with van der Waals surface area (Å²) in [5, 5.41) is 22.1. The second kappa shape index (κ2) is 9.54. The Labute approximate surface area is 271 Å². The van der Waals surface area contributed by atoms with Crippen LogP contribution >= 0.6 is 23.5 Å². The zero-order valence-corrected chi connectivity index (χ0v) is 26.7. The predicted octanol–water partition coefficient (Wildman–Crippen LogP) is 9.76. The van der Waals surface area contributed by atoms with Crippen molar-refractivity contribution in [2.45, 2.75) is 57.8 Å². The van der Waals surface area contributed by atoms with E-state index in [0.717, 1.165) is 51.0 Å². The van der Waals surface area contributed by atoms with Gasteiger partial charge in [0.15, 0.2) is 0 Å². The third-order valence-electron chi connectivity index (χ3n) is 10.6. The fourth-order valence-electron chi connectivity index (χ4n) is 8.20. The zero-order valence-electron chi connectivity index (χ0n) is 25.0. The largest absolute Gasteiger partial charge is 0.311 e. The maximum absolute atomic E-state index is 10.4. The first-order chi connectivity index (χ1) is 21.9. The van der Waals surface area contributed by atoms with Crippen molar-refractivity contribution in [1.82, 2.24) is 4.57 Å². The Kier molecular flexibility index (Phi) is 5.71. The molecule has 2 unspecified atom stereocenters. The molecule has 0 bridgehead atoms. The molecule has 3 nitrogen and oxygen atoms in total. The van der Waals surface area contributed by atoms with E-state index in [9.17, 15) is 10.5 Å². The molecule has 0 radical (unpaired) electrons. The van der Waals surface area contributed by atoms with Crippen LogP contribution in [0, 0.1) is 22.7 Å². The van der Waals surface area contributed by atoms with Crippen molar-refractivity contribution in [3.63, 3.8) is 0 Å². The lowest BCUT2D eigenvalue weighted by Gasteiger charge is -2.44. The van der Waals surface area contributed by atoms with Crippen LogP contribution in [-0.2, 0) is 17.3 Å². The van der Waals surface area contributed by atoms with Gasteiger partial charge in [-0.3, -0.25) is 0 Å². The number of hydrogen-bond acceptors (Lipinski definition) is 4. The Bertz CT molecular complexity index is 2260. The molecule has 0 saturated carbocycles. The topological polar surface area (TPSA) is 52.5 Å². The van der Waals surface area contributed by atoms with Gasteiger partial charge in [-0.2, -0.15) is 10.5 Å². The quantitative estimate of drug-likeness (QED) is 0.186. The number of aromatic nitrogens is 1. The van der Waals surface area contributed by atoms with Crippen LogP contribution in [0.4, 0.5) is 0 Å². The van der Waals surface area contributed by atoms with Crippen LogP contribution in [0.3, 0.4) is 0 Å². The number of benzene rings is 4. The van der Waals surface area contributed by atoms with Gasteiger partial charge in [-0.05, 0) is 65.9 Å². The third kappa shape index (κ3) is 3.60. The maximum Gasteiger partial charge on any atom is 0.101 e. The minimum atomic E-state index is -0.0972. The number of thioether (sulfide) groups is 2. The van der Waals surface area contributed by atoms with Gasteiger partial charge in [0.25, 0.3) is 0 Å². The van der Waals surface area contributed by atoms with E-state index in [-0.39, 0.29) is 10.8 Å². The first-order valence-corrected chi connectivity index (χ1v) is 17.2. The summed E-state index contributed by atoms with van der Waals surface area (Å²) in [5.41, 5.74) is 10.6. The van der Waals surface area contributed by atoms with Crippen LogP contribution in [0.2, 0.25) is 0 Å². The highest BCUT2D eigenvalue weighted by Gasteiger charge is 2.57. The SMILES string of the molecule is C[C@]12C=C[C@]3(C)c4cc(-c5cccc(C#N)c5-n5c6c(c7ccccc75)C=C(C#N)CC6)ccc4SC3C1Sc1ccccc12. The standard InChI is InChI=1S/C40H29N3S2/c1-39-18-19-40(2)31-21-25(15-17-35(31)45-38(40)37(39)44-34-13-6-4-11-30(34)39)27-10-7-8-26(23-42)36(27)43-32-12-5-3-9-28(32)29-20-24(22-41)14-16-33(29)43/h3-13,15,17-21,37-38H,14,16H2,1-2H3/t37?,38?,39-,40-/m1/s1. The number of nitrogens with zero attached hydrogens (tertiary/aromatic N) is 3. The molecular weight excluding hydrogens is 587 g/mol. The van der Waals surface area contributed by atoms with E-state index in [0.29, 0.717) is 22.5 Å². The van der Waals surface area contributed by atoms with Gasteiger partial charge in [0.05, 0.1) is 22.8 Å². The number of hydrogen-bond donors (Lipinski definition) is 0. The van der Waals surface area contributed by atoms with E-state index in [4.69, 9.17) is 0 Å². The fourth-order valence-corrected chi connectivity index (χ4v) is 11.9. The molecule has 2 aliphatic carbocycles. The lowest BCUT2D eigenvalue weighted by molar-refractivity contribution is 0.436. The Morgan fingerprint density at radius 1 is 0.756 bits per heavy atom. The van der Waals surface area contributed by atoms with Crippen LogP contribution in [0.5, 0.6) is 0 Å². The number of rotatable bonds is 2. The summed E-state index contributed by atoms with van der Waals surface area (Å²) in [6.07, 6.45) is 8.48. The van der Waals surface area contributed by atoms with Gasteiger partial charge in [0, 0.05) is 58.9 Å². The second-order valence-electron chi connectivity index (χ2n) is 13.0. The summed E-state index contributed by atoms with van der Waals surface area (Å²) in [5.74, 6) is 0. The first-order valence-electron chi connectivity index (χ1n) is 15.5. The Balaban J connectivity index is 1.22. The molecule has 5 heteroatoms. The van der Waals surface area contributed by atoms with E-state index in [2.05, 4.69) is 127 Å². The number of fused-ring (bicyclic) bond motifs is 10. The number of para-hydroxylation sites is 2. The molecule has 4 aliphatic rings. The van der Waals surface area contributed by atoms with E-state index in [1.165, 1.54) is 20.9 Å².